The van der Waals surface area contributed by atoms with Crippen LogP contribution >= 0.6 is 11.8 Å². The van der Waals surface area contributed by atoms with Crippen molar-refractivity contribution in [1.29, 1.82) is 0 Å². The summed E-state index contributed by atoms with van der Waals surface area (Å²) in [5.41, 5.74) is 0. The van der Waals surface area contributed by atoms with Crippen LogP contribution in [0.2, 0.25) is 0 Å². The lowest BCUT2D eigenvalue weighted by molar-refractivity contribution is 0.0922. The van der Waals surface area contributed by atoms with Crippen molar-refractivity contribution in [2.45, 2.75) is 36.7 Å². The lowest BCUT2D eigenvalue weighted by Crippen LogP contribution is -2.40. The Morgan fingerprint density at radius 3 is 2.92 bits per heavy atom. The molecule has 0 aromatic carbocycles. The molecule has 1 aliphatic rings. The predicted molar refractivity (Wildman–Crippen MR) is 56.0 cm³/mol. The number of rotatable bonds is 5. The van der Waals surface area contributed by atoms with Gasteiger partial charge in [-0.1, -0.05) is 6.42 Å². The standard InChI is InChI=1S/C9H19NO2S/c1-13-9-4-2-3-8(9)10-5-7(12)6-11/h7-12H,2-6H2,1H3/t7-,8?,9?/m0/s1. The van der Waals surface area contributed by atoms with Crippen LogP contribution in [0, 0.1) is 0 Å². The maximum atomic E-state index is 9.16. The summed E-state index contributed by atoms with van der Waals surface area (Å²) in [6.45, 7) is 0.363. The molecular formula is C9H19NO2S. The van der Waals surface area contributed by atoms with Crippen molar-refractivity contribution in [1.82, 2.24) is 5.32 Å². The van der Waals surface area contributed by atoms with Gasteiger partial charge in [0.1, 0.15) is 0 Å². The van der Waals surface area contributed by atoms with Gasteiger partial charge in [-0.05, 0) is 19.1 Å². The van der Waals surface area contributed by atoms with Gasteiger partial charge in [0.2, 0.25) is 0 Å². The Balaban J connectivity index is 2.19. The molecule has 1 rings (SSSR count). The van der Waals surface area contributed by atoms with E-state index in [0.29, 0.717) is 17.8 Å². The Hall–Kier alpha value is 0.230. The Labute approximate surface area is 83.9 Å². The lowest BCUT2D eigenvalue weighted by atomic mass is 10.2. The summed E-state index contributed by atoms with van der Waals surface area (Å²) < 4.78 is 0. The molecule has 78 valence electrons. The molecule has 4 heteroatoms. The second kappa shape index (κ2) is 5.86. The van der Waals surface area contributed by atoms with Crippen molar-refractivity contribution in [3.05, 3.63) is 0 Å². The van der Waals surface area contributed by atoms with Crippen molar-refractivity contribution in [3.8, 4) is 0 Å². The molecule has 1 aliphatic carbocycles. The molecule has 1 saturated carbocycles. The number of aliphatic hydroxyl groups excluding tert-OH is 2. The molecule has 2 unspecified atom stereocenters. The summed E-state index contributed by atoms with van der Waals surface area (Å²) >= 11 is 1.89. The maximum absolute atomic E-state index is 9.16. The Morgan fingerprint density at radius 1 is 1.54 bits per heavy atom. The molecule has 0 saturated heterocycles. The number of hydrogen-bond acceptors (Lipinski definition) is 4. The van der Waals surface area contributed by atoms with E-state index in [0.717, 1.165) is 0 Å². The van der Waals surface area contributed by atoms with Crippen LogP contribution in [0.15, 0.2) is 0 Å². The molecule has 0 aromatic rings. The van der Waals surface area contributed by atoms with E-state index < -0.39 is 6.10 Å². The number of thioether (sulfide) groups is 1. The highest BCUT2D eigenvalue weighted by atomic mass is 32.2. The normalized spacial score (nSPS) is 30.7. The van der Waals surface area contributed by atoms with Gasteiger partial charge in [-0.2, -0.15) is 11.8 Å². The van der Waals surface area contributed by atoms with E-state index >= 15 is 0 Å². The minimum Gasteiger partial charge on any atom is -0.394 e. The van der Waals surface area contributed by atoms with Gasteiger partial charge in [0.25, 0.3) is 0 Å². The number of hydrogen-bond donors (Lipinski definition) is 3. The third-order valence-electron chi connectivity index (χ3n) is 2.58. The fourth-order valence-corrected chi connectivity index (χ4v) is 2.76. The van der Waals surface area contributed by atoms with Crippen LogP contribution in [0.1, 0.15) is 19.3 Å². The van der Waals surface area contributed by atoms with Crippen LogP contribution in [-0.4, -0.2) is 47.0 Å². The van der Waals surface area contributed by atoms with Gasteiger partial charge in [0.15, 0.2) is 0 Å². The van der Waals surface area contributed by atoms with Crippen LogP contribution < -0.4 is 5.32 Å². The van der Waals surface area contributed by atoms with Gasteiger partial charge in [-0.3, -0.25) is 0 Å². The predicted octanol–water partition coefficient (Wildman–Crippen LogP) is 0.213. The molecule has 0 aromatic heterocycles. The van der Waals surface area contributed by atoms with Gasteiger partial charge in [-0.25, -0.2) is 0 Å². The lowest BCUT2D eigenvalue weighted by Gasteiger charge is -2.20. The summed E-state index contributed by atoms with van der Waals surface area (Å²) in [6.07, 6.45) is 5.27. The molecule has 13 heavy (non-hydrogen) atoms. The molecule has 0 bridgehead atoms. The molecule has 3 nitrogen and oxygen atoms in total. The molecule has 0 aliphatic heterocycles. The Kier molecular flexibility index (Phi) is 5.09. The number of nitrogens with one attached hydrogen (secondary N) is 1. The molecule has 0 heterocycles. The smallest absolute Gasteiger partial charge is 0.0895 e. The van der Waals surface area contributed by atoms with E-state index in [9.17, 15) is 0 Å². The highest BCUT2D eigenvalue weighted by molar-refractivity contribution is 7.99. The Morgan fingerprint density at radius 2 is 2.31 bits per heavy atom. The van der Waals surface area contributed by atoms with E-state index in [4.69, 9.17) is 10.2 Å². The minimum absolute atomic E-state index is 0.149. The highest BCUT2D eigenvalue weighted by Crippen LogP contribution is 2.28. The van der Waals surface area contributed by atoms with E-state index in [1.54, 1.807) is 0 Å². The summed E-state index contributed by atoms with van der Waals surface area (Å²) in [6, 6.07) is 0.524. The monoisotopic (exact) mass is 205 g/mol. The van der Waals surface area contributed by atoms with Gasteiger partial charge in [0.05, 0.1) is 12.7 Å². The molecule has 1 fully saturated rings. The van der Waals surface area contributed by atoms with Crippen LogP contribution in [0.25, 0.3) is 0 Å². The maximum Gasteiger partial charge on any atom is 0.0895 e. The quantitative estimate of drug-likeness (QED) is 0.601. The summed E-state index contributed by atoms with van der Waals surface area (Å²) in [5.74, 6) is 0. The van der Waals surface area contributed by atoms with E-state index in [-0.39, 0.29) is 6.61 Å². The van der Waals surface area contributed by atoms with Crippen molar-refractivity contribution in [3.63, 3.8) is 0 Å². The van der Waals surface area contributed by atoms with Crippen molar-refractivity contribution in [2.24, 2.45) is 0 Å². The van der Waals surface area contributed by atoms with Crippen LogP contribution in [0.5, 0.6) is 0 Å². The first-order valence-corrected chi connectivity index (χ1v) is 6.11. The zero-order valence-corrected chi connectivity index (χ0v) is 8.89. The zero-order valence-electron chi connectivity index (χ0n) is 8.07. The minimum atomic E-state index is -0.608. The molecule has 3 atom stereocenters. The molecule has 3 N–H and O–H groups in total. The third-order valence-corrected chi connectivity index (χ3v) is 3.75. The number of aliphatic hydroxyl groups is 2. The first-order valence-electron chi connectivity index (χ1n) is 4.83. The first kappa shape index (κ1) is 11.3. The SMILES string of the molecule is CSC1CCCC1NC[C@H](O)CO. The van der Waals surface area contributed by atoms with Crippen molar-refractivity contribution < 1.29 is 10.2 Å². The van der Waals surface area contributed by atoms with Gasteiger partial charge >= 0.3 is 0 Å². The molecule has 0 amide bonds. The second-order valence-electron chi connectivity index (χ2n) is 3.56. The van der Waals surface area contributed by atoms with Crippen molar-refractivity contribution in [2.75, 3.05) is 19.4 Å². The Bertz CT molecular complexity index is 146. The highest BCUT2D eigenvalue weighted by Gasteiger charge is 2.26. The van der Waals surface area contributed by atoms with Gasteiger partial charge in [0, 0.05) is 17.8 Å². The van der Waals surface area contributed by atoms with Crippen LogP contribution in [0.4, 0.5) is 0 Å². The van der Waals surface area contributed by atoms with Gasteiger partial charge < -0.3 is 15.5 Å². The fraction of sp³-hybridized carbons (Fsp3) is 1.00. The second-order valence-corrected chi connectivity index (χ2v) is 4.63. The zero-order chi connectivity index (χ0) is 9.68. The van der Waals surface area contributed by atoms with Crippen LogP contribution in [-0.2, 0) is 0 Å². The molecule has 0 radical (unpaired) electrons. The summed E-state index contributed by atoms with van der Waals surface area (Å²) in [4.78, 5) is 0. The molecule has 0 spiro atoms. The summed E-state index contributed by atoms with van der Waals surface area (Å²) in [5, 5.41) is 21.8. The van der Waals surface area contributed by atoms with E-state index in [1.165, 1.54) is 19.3 Å². The van der Waals surface area contributed by atoms with E-state index in [1.807, 2.05) is 11.8 Å². The average Bonchev–Trinajstić information content (AvgIpc) is 2.61. The largest absolute Gasteiger partial charge is 0.394 e. The van der Waals surface area contributed by atoms with Crippen LogP contribution in [0.3, 0.4) is 0 Å². The first-order chi connectivity index (χ1) is 6.27. The third kappa shape index (κ3) is 3.46. The summed E-state index contributed by atoms with van der Waals surface area (Å²) in [7, 11) is 0. The molecular weight excluding hydrogens is 186 g/mol. The van der Waals surface area contributed by atoms with Gasteiger partial charge in [-0.15, -0.1) is 0 Å². The van der Waals surface area contributed by atoms with Crippen molar-refractivity contribution >= 4 is 11.8 Å². The fourth-order valence-electron chi connectivity index (χ4n) is 1.79. The average molecular weight is 205 g/mol. The topological polar surface area (TPSA) is 52.5 Å². The van der Waals surface area contributed by atoms with E-state index in [2.05, 4.69) is 11.6 Å².